The molecule has 0 radical (unpaired) electrons. The Bertz CT molecular complexity index is 513. The van der Waals surface area contributed by atoms with Gasteiger partial charge >= 0.3 is 5.97 Å². The van der Waals surface area contributed by atoms with Crippen LogP contribution in [0.1, 0.15) is 30.6 Å². The predicted molar refractivity (Wildman–Crippen MR) is 75.1 cm³/mol. The first kappa shape index (κ1) is 14.7. The van der Waals surface area contributed by atoms with E-state index in [0.717, 1.165) is 18.7 Å². The molecule has 4 nitrogen and oxygen atoms in total. The molecule has 1 aromatic carbocycles. The Morgan fingerprint density at radius 3 is 2.65 bits per heavy atom. The standard InChI is InChI=1S/C15H19FN2O2/c1-10-9-18(3)11(2)8-14(10)17-20-15(19)12-4-6-13(16)7-5-12/h4-7,10-11H,8-9H2,1-3H3/b17-14-/t10-,11+/m1/s1. The van der Waals surface area contributed by atoms with Gasteiger partial charge in [0.2, 0.25) is 0 Å². The maximum atomic E-state index is 12.8. The maximum Gasteiger partial charge on any atom is 0.365 e. The third-order valence-corrected chi connectivity index (χ3v) is 3.71. The number of likely N-dealkylation sites (tertiary alicyclic amines) is 1. The van der Waals surface area contributed by atoms with Gasteiger partial charge in [-0.05, 0) is 38.2 Å². The number of halogens is 1. The molecule has 1 fully saturated rings. The normalized spacial score (nSPS) is 25.7. The summed E-state index contributed by atoms with van der Waals surface area (Å²) in [6.07, 6.45) is 0.786. The molecular weight excluding hydrogens is 259 g/mol. The summed E-state index contributed by atoms with van der Waals surface area (Å²) < 4.78 is 12.8. The minimum Gasteiger partial charge on any atom is -0.313 e. The molecule has 1 saturated heterocycles. The molecule has 1 heterocycles. The zero-order chi connectivity index (χ0) is 14.7. The molecule has 0 aliphatic carbocycles. The number of nitrogens with zero attached hydrogens (tertiary/aromatic N) is 2. The number of hydrogen-bond donors (Lipinski definition) is 0. The summed E-state index contributed by atoms with van der Waals surface area (Å²) in [5, 5.41) is 3.99. The lowest BCUT2D eigenvalue weighted by Gasteiger charge is -2.34. The van der Waals surface area contributed by atoms with Crippen molar-refractivity contribution < 1.29 is 14.0 Å². The fourth-order valence-corrected chi connectivity index (χ4v) is 2.24. The van der Waals surface area contributed by atoms with E-state index in [1.54, 1.807) is 0 Å². The van der Waals surface area contributed by atoms with E-state index >= 15 is 0 Å². The van der Waals surface area contributed by atoms with E-state index in [1.807, 2.05) is 0 Å². The number of piperidine rings is 1. The largest absolute Gasteiger partial charge is 0.365 e. The average Bonchev–Trinajstić information content (AvgIpc) is 2.42. The van der Waals surface area contributed by atoms with Crippen LogP contribution in [0.2, 0.25) is 0 Å². The lowest BCUT2D eigenvalue weighted by atomic mass is 9.93. The summed E-state index contributed by atoms with van der Waals surface area (Å²) >= 11 is 0. The van der Waals surface area contributed by atoms with Gasteiger partial charge in [0.1, 0.15) is 5.82 Å². The molecular formula is C15H19FN2O2. The molecule has 1 aliphatic rings. The highest BCUT2D eigenvalue weighted by Gasteiger charge is 2.26. The molecule has 0 aromatic heterocycles. The van der Waals surface area contributed by atoms with Crippen molar-refractivity contribution in [1.82, 2.24) is 4.90 Å². The molecule has 5 heteroatoms. The zero-order valence-electron chi connectivity index (χ0n) is 12.0. The van der Waals surface area contributed by atoms with Crippen molar-refractivity contribution >= 4 is 11.7 Å². The van der Waals surface area contributed by atoms with Gasteiger partial charge in [-0.3, -0.25) is 0 Å². The Kier molecular flexibility index (Phi) is 4.49. The van der Waals surface area contributed by atoms with Crippen LogP contribution in [-0.4, -0.2) is 36.2 Å². The quantitative estimate of drug-likeness (QED) is 0.617. The van der Waals surface area contributed by atoms with Gasteiger partial charge < -0.3 is 9.74 Å². The molecule has 0 N–H and O–H groups in total. The van der Waals surface area contributed by atoms with Crippen LogP contribution < -0.4 is 0 Å². The van der Waals surface area contributed by atoms with Crippen LogP contribution in [0, 0.1) is 11.7 Å². The first-order chi connectivity index (χ1) is 9.47. The number of oxime groups is 1. The van der Waals surface area contributed by atoms with Crippen LogP contribution in [-0.2, 0) is 4.84 Å². The molecule has 0 unspecified atom stereocenters. The molecule has 108 valence electrons. The molecule has 1 aliphatic heterocycles. The lowest BCUT2D eigenvalue weighted by molar-refractivity contribution is 0.0508. The van der Waals surface area contributed by atoms with Crippen molar-refractivity contribution in [2.45, 2.75) is 26.3 Å². The Balaban J connectivity index is 2.01. The average molecular weight is 278 g/mol. The van der Waals surface area contributed by atoms with E-state index in [1.165, 1.54) is 24.3 Å². The smallest absolute Gasteiger partial charge is 0.313 e. The minimum absolute atomic E-state index is 0.261. The van der Waals surface area contributed by atoms with E-state index in [4.69, 9.17) is 4.84 Å². The van der Waals surface area contributed by atoms with Gasteiger partial charge in [0.05, 0.1) is 11.3 Å². The second kappa shape index (κ2) is 6.13. The van der Waals surface area contributed by atoms with E-state index in [0.29, 0.717) is 11.6 Å². The van der Waals surface area contributed by atoms with Crippen molar-refractivity contribution in [1.29, 1.82) is 0 Å². The SMILES string of the molecule is C[C@@H]1CN(C)[C@@H](C)C/C1=N/OC(=O)c1ccc(F)cc1. The summed E-state index contributed by atoms with van der Waals surface area (Å²) in [6, 6.07) is 5.61. The van der Waals surface area contributed by atoms with Gasteiger partial charge in [-0.2, -0.15) is 0 Å². The number of rotatable bonds is 2. The molecule has 2 rings (SSSR count). The van der Waals surface area contributed by atoms with Gasteiger partial charge in [-0.25, -0.2) is 9.18 Å². The molecule has 0 bridgehead atoms. The fourth-order valence-electron chi connectivity index (χ4n) is 2.24. The number of carbonyl (C=O) groups is 1. The Morgan fingerprint density at radius 2 is 2.00 bits per heavy atom. The Hall–Kier alpha value is -1.75. The van der Waals surface area contributed by atoms with Crippen LogP contribution in [0.25, 0.3) is 0 Å². The highest BCUT2D eigenvalue weighted by Crippen LogP contribution is 2.18. The van der Waals surface area contributed by atoms with Crippen LogP contribution in [0.4, 0.5) is 4.39 Å². The van der Waals surface area contributed by atoms with Gasteiger partial charge in [0.15, 0.2) is 0 Å². The van der Waals surface area contributed by atoms with Gasteiger partial charge in [0.25, 0.3) is 0 Å². The zero-order valence-corrected chi connectivity index (χ0v) is 12.0. The lowest BCUT2D eigenvalue weighted by Crippen LogP contribution is -2.43. The summed E-state index contributed by atoms with van der Waals surface area (Å²) in [4.78, 5) is 19.0. The first-order valence-electron chi connectivity index (χ1n) is 6.71. The third-order valence-electron chi connectivity index (χ3n) is 3.71. The third kappa shape index (κ3) is 3.42. The number of hydrogen-bond acceptors (Lipinski definition) is 4. The fraction of sp³-hybridized carbons (Fsp3) is 0.467. The van der Waals surface area contributed by atoms with Crippen LogP contribution in [0.15, 0.2) is 29.4 Å². The highest BCUT2D eigenvalue weighted by atomic mass is 19.1. The summed E-state index contributed by atoms with van der Waals surface area (Å²) in [6.45, 7) is 5.07. The van der Waals surface area contributed by atoms with Gasteiger partial charge in [0, 0.05) is 24.9 Å². The van der Waals surface area contributed by atoms with Crippen molar-refractivity contribution in [3.63, 3.8) is 0 Å². The van der Waals surface area contributed by atoms with Crippen LogP contribution in [0.5, 0.6) is 0 Å². The maximum absolute atomic E-state index is 12.8. The monoisotopic (exact) mass is 278 g/mol. The molecule has 2 atom stereocenters. The summed E-state index contributed by atoms with van der Waals surface area (Å²) in [7, 11) is 2.07. The van der Waals surface area contributed by atoms with Crippen molar-refractivity contribution in [3.05, 3.63) is 35.6 Å². The van der Waals surface area contributed by atoms with Gasteiger partial charge in [-0.1, -0.05) is 12.1 Å². The summed E-state index contributed by atoms with van der Waals surface area (Å²) in [5.41, 5.74) is 1.19. The highest BCUT2D eigenvalue weighted by molar-refractivity contribution is 5.91. The van der Waals surface area contributed by atoms with Crippen molar-refractivity contribution in [2.75, 3.05) is 13.6 Å². The van der Waals surface area contributed by atoms with Crippen molar-refractivity contribution in [3.8, 4) is 0 Å². The molecule has 0 saturated carbocycles. The van der Waals surface area contributed by atoms with Gasteiger partial charge in [-0.15, -0.1) is 0 Å². The van der Waals surface area contributed by atoms with Crippen molar-refractivity contribution in [2.24, 2.45) is 11.1 Å². The van der Waals surface area contributed by atoms with E-state index in [-0.39, 0.29) is 11.7 Å². The second-order valence-corrected chi connectivity index (χ2v) is 5.36. The molecule has 20 heavy (non-hydrogen) atoms. The Labute approximate surface area is 118 Å². The number of benzene rings is 1. The van der Waals surface area contributed by atoms with Crippen LogP contribution in [0.3, 0.4) is 0 Å². The van der Waals surface area contributed by atoms with E-state index < -0.39 is 5.97 Å². The molecule has 0 spiro atoms. The summed E-state index contributed by atoms with van der Waals surface area (Å²) in [5.74, 6) is -0.681. The topological polar surface area (TPSA) is 41.9 Å². The van der Waals surface area contributed by atoms with E-state index in [9.17, 15) is 9.18 Å². The first-order valence-corrected chi connectivity index (χ1v) is 6.71. The van der Waals surface area contributed by atoms with Crippen LogP contribution >= 0.6 is 0 Å². The minimum atomic E-state index is -0.559. The molecule has 0 amide bonds. The molecule has 1 aromatic rings. The second-order valence-electron chi connectivity index (χ2n) is 5.36. The van der Waals surface area contributed by atoms with E-state index in [2.05, 4.69) is 31.0 Å². The number of carbonyl (C=O) groups excluding carboxylic acids is 1. The Morgan fingerprint density at radius 1 is 1.35 bits per heavy atom. The predicted octanol–water partition coefficient (Wildman–Crippen LogP) is 2.70.